The van der Waals surface area contributed by atoms with Gasteiger partial charge in [-0.05, 0) is 79.3 Å². The molecule has 0 spiro atoms. The van der Waals surface area contributed by atoms with Crippen molar-refractivity contribution in [2.24, 2.45) is 0 Å². The summed E-state index contributed by atoms with van der Waals surface area (Å²) in [4.78, 5) is 0. The Balaban J connectivity index is 0.00000119. The normalized spacial score (nSPS) is 19.7. The van der Waals surface area contributed by atoms with Crippen molar-refractivity contribution in [2.75, 3.05) is 7.11 Å². The number of nitrogens with one attached hydrogen (secondary N) is 1. The van der Waals surface area contributed by atoms with Gasteiger partial charge in [-0.3, -0.25) is 0 Å². The smallest absolute Gasteiger partial charge is 0 e. The topological polar surface area (TPSA) is 81.0 Å². The Labute approximate surface area is 195 Å². The van der Waals surface area contributed by atoms with E-state index in [9.17, 15) is 0 Å². The first kappa shape index (κ1) is 29.0. The summed E-state index contributed by atoms with van der Waals surface area (Å²) in [5.74, 6) is 1.76. The van der Waals surface area contributed by atoms with Gasteiger partial charge in [-0.15, -0.1) is 0 Å². The fourth-order valence-corrected chi connectivity index (χ4v) is 4.59. The molecule has 2 aliphatic carbocycles. The van der Waals surface area contributed by atoms with Crippen LogP contribution < -0.4 is 10.1 Å². The van der Waals surface area contributed by atoms with Gasteiger partial charge in [0.2, 0.25) is 0 Å². The van der Waals surface area contributed by atoms with E-state index in [-0.39, 0.29) is 22.9 Å². The van der Waals surface area contributed by atoms with E-state index in [0.717, 1.165) is 18.2 Å². The van der Waals surface area contributed by atoms with Crippen molar-refractivity contribution in [3.63, 3.8) is 0 Å². The maximum Gasteiger partial charge on any atom is 0 e. The summed E-state index contributed by atoms with van der Waals surface area (Å²) >= 11 is 0. The number of benzene rings is 2. The van der Waals surface area contributed by atoms with Crippen LogP contribution in [0.3, 0.4) is 0 Å². The summed E-state index contributed by atoms with van der Waals surface area (Å²) in [5, 5.41) is 3.86. The van der Waals surface area contributed by atoms with Crippen molar-refractivity contribution < 1.29 is 36.1 Å². The van der Waals surface area contributed by atoms with Gasteiger partial charge in [0.1, 0.15) is 5.75 Å². The van der Waals surface area contributed by atoms with Gasteiger partial charge >= 0.3 is 33.9 Å². The monoisotopic (exact) mass is 457 g/mol. The molecule has 0 saturated carbocycles. The Morgan fingerprint density at radius 2 is 1.68 bits per heavy atom. The Bertz CT molecular complexity index is 849. The molecule has 2 atom stereocenters. The molecule has 0 aliphatic heterocycles. The van der Waals surface area contributed by atoms with Crippen molar-refractivity contribution in [2.45, 2.75) is 57.0 Å². The van der Waals surface area contributed by atoms with Gasteiger partial charge in [-0.2, -0.15) is 0 Å². The van der Waals surface area contributed by atoms with Crippen LogP contribution in [0.25, 0.3) is 0 Å². The SMILES string of the molecule is COc1cc2c3c(c1)[C@@](C)(NCc1ccccc1)CC[C@H]3CCC2.[C-]#[O+].[C-]#[O+].[C-]#[O+].[Cr]. The predicted octanol–water partition coefficient (Wildman–Crippen LogP) is 4.80. The molecule has 0 amide bonds. The van der Waals surface area contributed by atoms with Crippen molar-refractivity contribution in [1.29, 1.82) is 0 Å². The Kier molecular flexibility index (Phi) is 13.9. The van der Waals surface area contributed by atoms with Crippen LogP contribution in [0.1, 0.15) is 60.8 Å². The molecule has 0 unspecified atom stereocenters. The second kappa shape index (κ2) is 14.9. The molecule has 4 rings (SSSR count). The van der Waals surface area contributed by atoms with E-state index in [2.05, 4.69) is 74.7 Å². The van der Waals surface area contributed by atoms with Gasteiger partial charge in [0.25, 0.3) is 0 Å². The molecule has 162 valence electrons. The summed E-state index contributed by atoms with van der Waals surface area (Å²) in [7, 11) is 1.78. The van der Waals surface area contributed by atoms with Crippen molar-refractivity contribution in [3.05, 3.63) is 84.7 Å². The van der Waals surface area contributed by atoms with Gasteiger partial charge in [-0.1, -0.05) is 30.3 Å². The second-order valence-corrected chi connectivity index (χ2v) is 7.55. The summed E-state index contributed by atoms with van der Waals surface area (Å²) in [5.41, 5.74) is 5.99. The summed E-state index contributed by atoms with van der Waals surface area (Å²) in [6.45, 7) is 16.8. The van der Waals surface area contributed by atoms with Gasteiger partial charge in [-0.25, -0.2) is 0 Å². The first-order valence-electron chi connectivity index (χ1n) is 9.81. The molecule has 0 radical (unpaired) electrons. The zero-order chi connectivity index (χ0) is 22.6. The Morgan fingerprint density at radius 1 is 1.03 bits per heavy atom. The van der Waals surface area contributed by atoms with E-state index in [1.54, 1.807) is 12.7 Å². The molecule has 5 nitrogen and oxygen atoms in total. The molecular formula is C25H27CrNO4. The molecule has 2 aliphatic rings. The Hall–Kier alpha value is -2.05. The van der Waals surface area contributed by atoms with Crippen LogP contribution in [0.2, 0.25) is 0 Å². The van der Waals surface area contributed by atoms with E-state index in [4.69, 9.17) is 18.7 Å². The average Bonchev–Trinajstić information content (AvgIpc) is 2.84. The molecule has 6 heteroatoms. The van der Waals surface area contributed by atoms with Crippen LogP contribution in [0.4, 0.5) is 0 Å². The molecule has 0 fully saturated rings. The number of hydrogen-bond acceptors (Lipinski definition) is 2. The molecule has 0 bridgehead atoms. The van der Waals surface area contributed by atoms with Crippen molar-refractivity contribution >= 4 is 0 Å². The average molecular weight is 457 g/mol. The number of aryl methyl sites for hydroxylation is 1. The van der Waals surface area contributed by atoms with Gasteiger partial charge < -0.3 is 10.1 Å². The van der Waals surface area contributed by atoms with Gasteiger partial charge in [0, 0.05) is 29.4 Å². The molecule has 0 aromatic heterocycles. The first-order valence-corrected chi connectivity index (χ1v) is 9.81. The molecular weight excluding hydrogens is 430 g/mol. The molecule has 1 N–H and O–H groups in total. The van der Waals surface area contributed by atoms with E-state index >= 15 is 0 Å². The third kappa shape index (κ3) is 6.98. The van der Waals surface area contributed by atoms with Crippen LogP contribution in [-0.2, 0) is 49.8 Å². The molecule has 0 saturated heterocycles. The minimum absolute atomic E-state index is 0. The fraction of sp³-hybridized carbons (Fsp3) is 0.400. The van der Waals surface area contributed by atoms with E-state index in [1.165, 1.54) is 48.8 Å². The van der Waals surface area contributed by atoms with Crippen LogP contribution in [0.5, 0.6) is 5.75 Å². The van der Waals surface area contributed by atoms with Crippen molar-refractivity contribution in [3.8, 4) is 5.75 Å². The van der Waals surface area contributed by atoms with Gasteiger partial charge in [0.15, 0.2) is 0 Å². The van der Waals surface area contributed by atoms with E-state index in [0.29, 0.717) is 0 Å². The Morgan fingerprint density at radius 3 is 2.29 bits per heavy atom. The fourth-order valence-electron chi connectivity index (χ4n) is 4.59. The largest absolute Gasteiger partial charge is 0 e. The number of rotatable bonds is 4. The van der Waals surface area contributed by atoms with Crippen molar-refractivity contribution in [1.82, 2.24) is 5.32 Å². The maximum atomic E-state index is 7.50. The summed E-state index contributed by atoms with van der Waals surface area (Å²) < 4.78 is 28.1. The number of methoxy groups -OCH3 is 1. The molecule has 2 aromatic carbocycles. The van der Waals surface area contributed by atoms with Crippen LogP contribution in [0, 0.1) is 20.0 Å². The number of ether oxygens (including phenoxy) is 1. The molecule has 0 heterocycles. The third-order valence-electron chi connectivity index (χ3n) is 5.99. The minimum Gasteiger partial charge on any atom is 0 e. The second-order valence-electron chi connectivity index (χ2n) is 7.55. The zero-order valence-electron chi connectivity index (χ0n) is 17.9. The van der Waals surface area contributed by atoms with Crippen LogP contribution >= 0.6 is 0 Å². The van der Waals surface area contributed by atoms with Crippen LogP contribution in [-0.4, -0.2) is 7.11 Å². The summed E-state index contributed by atoms with van der Waals surface area (Å²) in [6, 6.07) is 15.3. The van der Waals surface area contributed by atoms with E-state index in [1.807, 2.05) is 0 Å². The maximum absolute atomic E-state index is 7.50. The molecule has 2 aromatic rings. The zero-order valence-corrected chi connectivity index (χ0v) is 19.2. The first-order chi connectivity index (χ1) is 14.7. The van der Waals surface area contributed by atoms with Gasteiger partial charge in [0.05, 0.1) is 7.11 Å². The third-order valence-corrected chi connectivity index (χ3v) is 5.99. The predicted molar refractivity (Wildman–Crippen MR) is 110 cm³/mol. The number of hydrogen-bond donors (Lipinski definition) is 1. The minimum atomic E-state index is 0. The standard InChI is InChI=1S/C22H27NO.3CO.Cr/c1-22(23-15-16-7-4-3-5-8-16)12-11-17-9-6-10-18-13-19(24-2)14-20(22)21(17)18;3*1-2;/h3-5,7-8,13-14,17,23H,6,9-12,15H2,1-2H3;;;;/t17-,22+;;;;/m1..../s1. The molecule has 31 heavy (non-hydrogen) atoms. The van der Waals surface area contributed by atoms with E-state index < -0.39 is 0 Å². The summed E-state index contributed by atoms with van der Waals surface area (Å²) in [6.07, 6.45) is 6.36. The van der Waals surface area contributed by atoms with Crippen LogP contribution in [0.15, 0.2) is 42.5 Å². The quantitative estimate of drug-likeness (QED) is 0.529.